The third kappa shape index (κ3) is 4.80. The van der Waals surface area contributed by atoms with Crippen LogP contribution in [0.1, 0.15) is 33.1 Å². The van der Waals surface area contributed by atoms with E-state index in [2.05, 4.69) is 0 Å². The molecule has 0 aliphatic heterocycles. The van der Waals surface area contributed by atoms with Crippen molar-refractivity contribution in [2.45, 2.75) is 38.0 Å². The van der Waals surface area contributed by atoms with Crippen LogP contribution >= 0.6 is 11.6 Å². The molecule has 0 aliphatic carbocycles. The minimum Gasteiger partial charge on any atom is -0.300 e. The molecule has 2 nitrogen and oxygen atoms in total. The van der Waals surface area contributed by atoms with Gasteiger partial charge in [-0.15, -0.1) is 11.6 Å². The number of Topliss-reactive ketones (excluding diaryl/α,β-unsaturated/α-hetero) is 1. The molecule has 1 unspecified atom stereocenters. The number of carbonyl (C=O) groups is 1. The van der Waals surface area contributed by atoms with Crippen molar-refractivity contribution in [3.8, 4) is 6.07 Å². The monoisotopic (exact) mass is 173 g/mol. The molecule has 1 atom stereocenters. The van der Waals surface area contributed by atoms with Gasteiger partial charge < -0.3 is 0 Å². The van der Waals surface area contributed by atoms with Crippen LogP contribution in [0.15, 0.2) is 0 Å². The highest BCUT2D eigenvalue weighted by Crippen LogP contribution is 2.19. The van der Waals surface area contributed by atoms with Gasteiger partial charge in [0.15, 0.2) is 0 Å². The number of hydrogen-bond donors (Lipinski definition) is 0. The molecule has 0 bridgehead atoms. The zero-order valence-corrected chi connectivity index (χ0v) is 7.61. The van der Waals surface area contributed by atoms with Gasteiger partial charge in [-0.3, -0.25) is 4.79 Å². The Balaban J connectivity index is 3.72. The molecule has 0 aromatic heterocycles. The Morgan fingerprint density at radius 2 is 2.27 bits per heavy atom. The maximum Gasteiger partial charge on any atom is 0.132 e. The second-order valence-corrected chi connectivity index (χ2v) is 3.54. The molecule has 0 saturated carbocycles. The van der Waals surface area contributed by atoms with Crippen molar-refractivity contribution in [1.29, 1.82) is 5.26 Å². The summed E-state index contributed by atoms with van der Waals surface area (Å²) in [4.78, 5) is 9.94. The average molecular weight is 174 g/mol. The van der Waals surface area contributed by atoms with Gasteiger partial charge in [-0.25, -0.2) is 0 Å². The molecule has 0 N–H and O–H groups in total. The Morgan fingerprint density at radius 3 is 2.64 bits per heavy atom. The van der Waals surface area contributed by atoms with Crippen molar-refractivity contribution in [3.05, 3.63) is 0 Å². The summed E-state index contributed by atoms with van der Waals surface area (Å²) in [7, 11) is 0. The minimum absolute atomic E-state index is 0.159. The lowest BCUT2D eigenvalue weighted by Crippen LogP contribution is -2.14. The van der Waals surface area contributed by atoms with Gasteiger partial charge in [-0.2, -0.15) is 5.26 Å². The lowest BCUT2D eigenvalue weighted by molar-refractivity contribution is -0.118. The molecule has 3 heteroatoms. The lowest BCUT2D eigenvalue weighted by Gasteiger charge is -2.10. The SMILES string of the molecule is CCC(=O)CCC(C)(Cl)C#N. The summed E-state index contributed by atoms with van der Waals surface area (Å²) in [5, 5.41) is 8.49. The molecular weight excluding hydrogens is 162 g/mol. The molecule has 11 heavy (non-hydrogen) atoms. The first-order chi connectivity index (χ1) is 5.02. The van der Waals surface area contributed by atoms with Gasteiger partial charge in [0.05, 0.1) is 6.07 Å². The van der Waals surface area contributed by atoms with Gasteiger partial charge in [0.25, 0.3) is 0 Å². The van der Waals surface area contributed by atoms with Crippen molar-refractivity contribution >= 4 is 17.4 Å². The van der Waals surface area contributed by atoms with E-state index >= 15 is 0 Å². The number of rotatable bonds is 4. The van der Waals surface area contributed by atoms with Crippen LogP contribution in [0.2, 0.25) is 0 Å². The number of hydrogen-bond acceptors (Lipinski definition) is 2. The van der Waals surface area contributed by atoms with Crippen molar-refractivity contribution in [3.63, 3.8) is 0 Å². The first-order valence-corrected chi connectivity index (χ1v) is 4.01. The van der Waals surface area contributed by atoms with Gasteiger partial charge in [-0.1, -0.05) is 6.92 Å². The van der Waals surface area contributed by atoms with E-state index in [0.717, 1.165) is 0 Å². The van der Waals surface area contributed by atoms with E-state index in [1.54, 1.807) is 13.8 Å². The van der Waals surface area contributed by atoms with E-state index in [1.807, 2.05) is 6.07 Å². The van der Waals surface area contributed by atoms with Crippen LogP contribution in [0.4, 0.5) is 0 Å². The van der Waals surface area contributed by atoms with E-state index < -0.39 is 4.87 Å². The van der Waals surface area contributed by atoms with Crippen LogP contribution in [-0.4, -0.2) is 10.7 Å². The Kier molecular flexibility index (Phi) is 4.14. The van der Waals surface area contributed by atoms with Crippen LogP contribution in [0, 0.1) is 11.3 Å². The molecule has 0 saturated heterocycles. The van der Waals surface area contributed by atoms with Crippen LogP contribution in [0.3, 0.4) is 0 Å². The van der Waals surface area contributed by atoms with Crippen molar-refractivity contribution in [2.75, 3.05) is 0 Å². The average Bonchev–Trinajstić information content (AvgIpc) is 2.00. The van der Waals surface area contributed by atoms with E-state index in [9.17, 15) is 4.79 Å². The number of nitriles is 1. The van der Waals surface area contributed by atoms with Gasteiger partial charge >= 0.3 is 0 Å². The minimum atomic E-state index is -0.870. The fourth-order valence-corrected chi connectivity index (χ4v) is 0.701. The van der Waals surface area contributed by atoms with Gasteiger partial charge in [0.1, 0.15) is 10.7 Å². The van der Waals surface area contributed by atoms with Crippen LogP contribution in [-0.2, 0) is 4.79 Å². The van der Waals surface area contributed by atoms with Gasteiger partial charge in [-0.05, 0) is 13.3 Å². The Morgan fingerprint density at radius 1 is 1.73 bits per heavy atom. The molecule has 0 rings (SSSR count). The third-order valence-corrected chi connectivity index (χ3v) is 1.77. The van der Waals surface area contributed by atoms with E-state index in [1.165, 1.54) is 0 Å². The Labute approximate surface area is 72.2 Å². The summed E-state index contributed by atoms with van der Waals surface area (Å²) in [6, 6.07) is 1.93. The number of carbonyl (C=O) groups excluding carboxylic acids is 1. The summed E-state index contributed by atoms with van der Waals surface area (Å²) in [5.74, 6) is 0.159. The van der Waals surface area contributed by atoms with Crippen molar-refractivity contribution in [1.82, 2.24) is 0 Å². The molecular formula is C8H12ClNO. The molecule has 0 aliphatic rings. The van der Waals surface area contributed by atoms with Gasteiger partial charge in [0.2, 0.25) is 0 Å². The van der Waals surface area contributed by atoms with Crippen LogP contribution < -0.4 is 0 Å². The topological polar surface area (TPSA) is 40.9 Å². The maximum atomic E-state index is 10.8. The van der Waals surface area contributed by atoms with Crippen molar-refractivity contribution in [2.24, 2.45) is 0 Å². The predicted molar refractivity (Wildman–Crippen MR) is 44.4 cm³/mol. The molecule has 0 aromatic rings. The third-order valence-electron chi connectivity index (χ3n) is 1.50. The molecule has 62 valence electrons. The number of nitrogens with zero attached hydrogens (tertiary/aromatic N) is 1. The predicted octanol–water partition coefficient (Wildman–Crippen LogP) is 2.27. The number of halogens is 1. The van der Waals surface area contributed by atoms with Crippen LogP contribution in [0.5, 0.6) is 0 Å². The standard InChI is InChI=1S/C8H12ClNO/c1-3-7(11)4-5-8(2,9)6-10/h3-5H2,1-2H3. The zero-order valence-electron chi connectivity index (χ0n) is 6.85. The summed E-state index contributed by atoms with van der Waals surface area (Å²) in [5.41, 5.74) is 0. The molecule has 0 radical (unpaired) electrons. The highest BCUT2D eigenvalue weighted by molar-refractivity contribution is 6.25. The fourth-order valence-electron chi connectivity index (χ4n) is 0.607. The summed E-state index contributed by atoms with van der Waals surface area (Å²) < 4.78 is 0. The lowest BCUT2D eigenvalue weighted by atomic mass is 10.0. The number of ketones is 1. The van der Waals surface area contributed by atoms with E-state index in [-0.39, 0.29) is 5.78 Å². The van der Waals surface area contributed by atoms with Crippen LogP contribution in [0.25, 0.3) is 0 Å². The smallest absolute Gasteiger partial charge is 0.132 e. The molecule has 0 amide bonds. The van der Waals surface area contributed by atoms with E-state index in [4.69, 9.17) is 16.9 Å². The second kappa shape index (κ2) is 4.35. The zero-order chi connectivity index (χ0) is 8.91. The van der Waals surface area contributed by atoms with Gasteiger partial charge in [0, 0.05) is 12.8 Å². The quantitative estimate of drug-likeness (QED) is 0.612. The molecule has 0 heterocycles. The summed E-state index contributed by atoms with van der Waals surface area (Å²) >= 11 is 5.71. The highest BCUT2D eigenvalue weighted by atomic mass is 35.5. The summed E-state index contributed by atoms with van der Waals surface area (Å²) in [6.45, 7) is 3.43. The number of alkyl halides is 1. The largest absolute Gasteiger partial charge is 0.300 e. The normalized spacial score (nSPS) is 15.1. The van der Waals surface area contributed by atoms with Crippen molar-refractivity contribution < 1.29 is 4.79 Å². The summed E-state index contributed by atoms with van der Waals surface area (Å²) in [6.07, 6.45) is 1.38. The highest BCUT2D eigenvalue weighted by Gasteiger charge is 2.20. The Hall–Kier alpha value is -0.550. The first kappa shape index (κ1) is 10.4. The fraction of sp³-hybridized carbons (Fsp3) is 0.750. The van der Waals surface area contributed by atoms with E-state index in [0.29, 0.717) is 19.3 Å². The molecule has 0 aromatic carbocycles. The first-order valence-electron chi connectivity index (χ1n) is 3.63. The molecule has 0 spiro atoms. The second-order valence-electron chi connectivity index (χ2n) is 2.70. The molecule has 0 fully saturated rings. The maximum absolute atomic E-state index is 10.8. The Bertz CT molecular complexity index is 181.